The van der Waals surface area contributed by atoms with Crippen LogP contribution < -0.4 is 5.43 Å². The first-order valence-electron chi connectivity index (χ1n) is 9.68. The zero-order chi connectivity index (χ0) is 19.5. The number of nitrogens with zero attached hydrogens (tertiary/aromatic N) is 5. The van der Waals surface area contributed by atoms with Crippen LogP contribution in [-0.2, 0) is 6.54 Å². The highest BCUT2D eigenvalue weighted by Crippen LogP contribution is 2.26. The molecular weight excluding hydrogens is 348 g/mol. The Kier molecular flexibility index (Phi) is 5.02. The molecule has 0 unspecified atom stereocenters. The fraction of sp³-hybridized carbons (Fsp3) is 0.273. The van der Waals surface area contributed by atoms with E-state index in [0.29, 0.717) is 11.9 Å². The molecule has 0 aliphatic rings. The van der Waals surface area contributed by atoms with E-state index in [1.165, 1.54) is 5.56 Å². The molecule has 0 aliphatic carbocycles. The van der Waals surface area contributed by atoms with Crippen LogP contribution in [0.15, 0.2) is 53.6 Å². The lowest BCUT2D eigenvalue weighted by atomic mass is 10.0. The molecule has 0 bridgehead atoms. The monoisotopic (exact) mass is 372 g/mol. The predicted octanol–water partition coefficient (Wildman–Crippen LogP) is 4.96. The van der Waals surface area contributed by atoms with E-state index in [1.807, 2.05) is 12.1 Å². The summed E-state index contributed by atoms with van der Waals surface area (Å²) in [7, 11) is 0. The van der Waals surface area contributed by atoms with E-state index in [1.54, 1.807) is 6.21 Å². The highest BCUT2D eigenvalue weighted by atomic mass is 15.4. The van der Waals surface area contributed by atoms with Crippen LogP contribution in [0.2, 0.25) is 0 Å². The van der Waals surface area contributed by atoms with Crippen LogP contribution in [0.4, 0.5) is 5.95 Å². The number of rotatable bonds is 6. The molecule has 0 aliphatic heterocycles. The number of hydrogen-bond donors (Lipinski definition) is 1. The Morgan fingerprint density at radius 1 is 1.07 bits per heavy atom. The molecule has 0 saturated carbocycles. The Bertz CT molecular complexity index is 1130. The largest absolute Gasteiger partial charge is 0.324 e. The smallest absolute Gasteiger partial charge is 0.265 e. The van der Waals surface area contributed by atoms with Gasteiger partial charge in [-0.15, -0.1) is 10.2 Å². The SMILES string of the molecule is CCCn1c2ccccc2c2nnc(N/N=C/c3ccc(C(C)C)cc3)nc21. The van der Waals surface area contributed by atoms with Crippen molar-refractivity contribution in [2.75, 3.05) is 5.43 Å². The molecule has 6 nitrogen and oxygen atoms in total. The summed E-state index contributed by atoms with van der Waals surface area (Å²) in [5.74, 6) is 0.910. The van der Waals surface area contributed by atoms with Crippen LogP contribution in [0.5, 0.6) is 0 Å². The molecule has 0 fully saturated rings. The summed E-state index contributed by atoms with van der Waals surface area (Å²) in [6.45, 7) is 7.41. The molecule has 28 heavy (non-hydrogen) atoms. The van der Waals surface area contributed by atoms with Crippen molar-refractivity contribution >= 4 is 34.2 Å². The first-order chi connectivity index (χ1) is 13.7. The van der Waals surface area contributed by atoms with Crippen LogP contribution in [-0.4, -0.2) is 26.0 Å². The minimum atomic E-state index is 0.391. The third-order valence-electron chi connectivity index (χ3n) is 4.80. The van der Waals surface area contributed by atoms with Crippen molar-refractivity contribution in [2.24, 2.45) is 5.10 Å². The Hall–Kier alpha value is -3.28. The van der Waals surface area contributed by atoms with E-state index in [0.717, 1.165) is 40.6 Å². The molecule has 2 aromatic heterocycles. The number of hydrogen-bond acceptors (Lipinski definition) is 5. The van der Waals surface area contributed by atoms with Crippen LogP contribution in [0.25, 0.3) is 22.1 Å². The molecule has 6 heteroatoms. The lowest BCUT2D eigenvalue weighted by Gasteiger charge is -2.05. The summed E-state index contributed by atoms with van der Waals surface area (Å²) >= 11 is 0. The third kappa shape index (κ3) is 3.45. The van der Waals surface area contributed by atoms with E-state index in [9.17, 15) is 0 Å². The second-order valence-electron chi connectivity index (χ2n) is 7.17. The zero-order valence-corrected chi connectivity index (χ0v) is 16.4. The maximum Gasteiger partial charge on any atom is 0.265 e. The average molecular weight is 372 g/mol. The molecular formula is C22H24N6. The van der Waals surface area contributed by atoms with Gasteiger partial charge in [0.25, 0.3) is 5.95 Å². The van der Waals surface area contributed by atoms with Gasteiger partial charge in [0.2, 0.25) is 0 Å². The molecule has 2 heterocycles. The summed E-state index contributed by atoms with van der Waals surface area (Å²) in [5.41, 5.74) is 8.02. The quantitative estimate of drug-likeness (QED) is 0.384. The highest BCUT2D eigenvalue weighted by Gasteiger charge is 2.13. The van der Waals surface area contributed by atoms with Gasteiger partial charge in [0.1, 0.15) is 5.52 Å². The minimum Gasteiger partial charge on any atom is -0.324 e. The van der Waals surface area contributed by atoms with Crippen molar-refractivity contribution in [3.8, 4) is 0 Å². The van der Waals surface area contributed by atoms with Crippen molar-refractivity contribution in [3.05, 3.63) is 59.7 Å². The Morgan fingerprint density at radius 3 is 2.61 bits per heavy atom. The van der Waals surface area contributed by atoms with Crippen LogP contribution in [0.1, 0.15) is 44.2 Å². The normalized spacial score (nSPS) is 11.9. The van der Waals surface area contributed by atoms with Gasteiger partial charge in [-0.2, -0.15) is 10.1 Å². The van der Waals surface area contributed by atoms with Crippen molar-refractivity contribution in [3.63, 3.8) is 0 Å². The fourth-order valence-electron chi connectivity index (χ4n) is 3.33. The summed E-state index contributed by atoms with van der Waals surface area (Å²) in [6, 6.07) is 16.6. The number of anilines is 1. The lowest BCUT2D eigenvalue weighted by Crippen LogP contribution is -2.03. The standard InChI is InChI=1S/C22H24N6/c1-4-13-28-19-8-6-5-7-18(19)20-21(28)24-22(27-25-20)26-23-14-16-9-11-17(12-10-16)15(2)3/h5-12,14-15H,4,13H2,1-3H3,(H,24,26,27)/b23-14+. The minimum absolute atomic E-state index is 0.391. The van der Waals surface area contributed by atoms with Gasteiger partial charge in [-0.05, 0) is 29.5 Å². The number of hydrazone groups is 1. The summed E-state index contributed by atoms with van der Waals surface area (Å²) < 4.78 is 2.19. The first kappa shape index (κ1) is 18.1. The van der Waals surface area contributed by atoms with Gasteiger partial charge in [-0.25, -0.2) is 5.43 Å². The van der Waals surface area contributed by atoms with Gasteiger partial charge in [0.05, 0.1) is 11.7 Å². The van der Waals surface area contributed by atoms with Crippen LogP contribution in [0, 0.1) is 0 Å². The molecule has 142 valence electrons. The van der Waals surface area contributed by atoms with Gasteiger partial charge < -0.3 is 4.57 Å². The molecule has 0 saturated heterocycles. The topological polar surface area (TPSA) is 68.0 Å². The summed E-state index contributed by atoms with van der Waals surface area (Å²) in [6.07, 6.45) is 2.78. The number of aromatic nitrogens is 4. The number of para-hydroxylation sites is 1. The van der Waals surface area contributed by atoms with Crippen molar-refractivity contribution in [1.82, 2.24) is 19.7 Å². The number of fused-ring (bicyclic) bond motifs is 3. The van der Waals surface area contributed by atoms with Gasteiger partial charge >= 0.3 is 0 Å². The van der Waals surface area contributed by atoms with E-state index in [4.69, 9.17) is 0 Å². The molecule has 0 radical (unpaired) electrons. The fourth-order valence-corrected chi connectivity index (χ4v) is 3.33. The summed E-state index contributed by atoms with van der Waals surface area (Å²) in [4.78, 5) is 4.66. The maximum atomic E-state index is 4.66. The number of nitrogens with one attached hydrogen (secondary N) is 1. The second kappa shape index (κ2) is 7.76. The average Bonchev–Trinajstić information content (AvgIpc) is 3.02. The first-order valence-corrected chi connectivity index (χ1v) is 9.68. The van der Waals surface area contributed by atoms with Gasteiger partial charge in [-0.3, -0.25) is 0 Å². The van der Waals surface area contributed by atoms with Gasteiger partial charge in [0.15, 0.2) is 5.65 Å². The molecule has 1 N–H and O–H groups in total. The van der Waals surface area contributed by atoms with Crippen LogP contribution >= 0.6 is 0 Å². The maximum absolute atomic E-state index is 4.66. The molecule has 4 rings (SSSR count). The summed E-state index contributed by atoms with van der Waals surface area (Å²) in [5, 5.41) is 13.9. The Labute approximate surface area is 164 Å². The van der Waals surface area contributed by atoms with E-state index in [-0.39, 0.29) is 0 Å². The van der Waals surface area contributed by atoms with E-state index >= 15 is 0 Å². The molecule has 4 aromatic rings. The highest BCUT2D eigenvalue weighted by molar-refractivity contribution is 6.04. The van der Waals surface area contributed by atoms with Crippen LogP contribution in [0.3, 0.4) is 0 Å². The molecule has 0 spiro atoms. The molecule has 2 aromatic carbocycles. The van der Waals surface area contributed by atoms with Crippen molar-refractivity contribution in [1.29, 1.82) is 0 Å². The van der Waals surface area contributed by atoms with E-state index < -0.39 is 0 Å². The van der Waals surface area contributed by atoms with Crippen molar-refractivity contribution < 1.29 is 0 Å². The molecule has 0 atom stereocenters. The molecule has 0 amide bonds. The third-order valence-corrected chi connectivity index (χ3v) is 4.80. The Balaban J connectivity index is 1.61. The second-order valence-corrected chi connectivity index (χ2v) is 7.17. The van der Waals surface area contributed by atoms with Gasteiger partial charge in [0, 0.05) is 11.9 Å². The van der Waals surface area contributed by atoms with Crippen molar-refractivity contribution in [2.45, 2.75) is 39.7 Å². The number of aryl methyl sites for hydroxylation is 1. The zero-order valence-electron chi connectivity index (χ0n) is 16.4. The lowest BCUT2D eigenvalue weighted by molar-refractivity contribution is 0.716. The van der Waals surface area contributed by atoms with Gasteiger partial charge in [-0.1, -0.05) is 63.2 Å². The number of benzene rings is 2. The predicted molar refractivity (Wildman–Crippen MR) is 115 cm³/mol. The Morgan fingerprint density at radius 2 is 1.86 bits per heavy atom. The van der Waals surface area contributed by atoms with E-state index in [2.05, 4.69) is 87.4 Å².